The molecule has 8 nitrogen and oxygen atoms in total. The minimum Gasteiger partial charge on any atom is -0.335 e. The van der Waals surface area contributed by atoms with E-state index in [1.54, 1.807) is 53.4 Å². The molecule has 33 heavy (non-hydrogen) atoms. The van der Waals surface area contributed by atoms with Crippen molar-refractivity contribution in [3.05, 3.63) is 70.1 Å². The van der Waals surface area contributed by atoms with Crippen molar-refractivity contribution in [1.82, 2.24) is 19.0 Å². The molecule has 1 aliphatic rings. The van der Waals surface area contributed by atoms with Crippen LogP contribution in [0.2, 0.25) is 0 Å². The van der Waals surface area contributed by atoms with Gasteiger partial charge in [-0.25, -0.2) is 13.1 Å². The molecule has 0 aliphatic carbocycles. The minimum absolute atomic E-state index is 0.190. The Morgan fingerprint density at radius 2 is 1.58 bits per heavy atom. The molecule has 1 aromatic heterocycles. The van der Waals surface area contributed by atoms with E-state index in [2.05, 4.69) is 5.10 Å². The van der Waals surface area contributed by atoms with E-state index in [1.165, 1.54) is 8.99 Å². The molecule has 1 amide bonds. The third-order valence-corrected chi connectivity index (χ3v) is 7.71. The molecule has 9 heteroatoms. The summed E-state index contributed by atoms with van der Waals surface area (Å²) in [6.45, 7) is 7.19. The number of fused-ring (bicyclic) bond motifs is 1. The number of aryl methyl sites for hydroxylation is 1. The van der Waals surface area contributed by atoms with E-state index >= 15 is 0 Å². The van der Waals surface area contributed by atoms with Crippen LogP contribution in [0.25, 0.3) is 10.8 Å². The van der Waals surface area contributed by atoms with Crippen LogP contribution in [0.4, 0.5) is 0 Å². The number of carbonyl (C=O) groups excluding carboxylic acids is 1. The minimum atomic E-state index is -3.62. The fraction of sp³-hybridized carbons (Fsp3) is 0.375. The standard InChI is InChI=1S/C24H28N4O4S/c1-17(2)16-28-23(29)21-7-5-4-6-20(21)22(25-28)24(30)26-12-14-27(15-13-26)33(31,32)19-10-8-18(3)9-11-19/h4-11,17H,12-16H2,1-3H3. The number of hydrogen-bond acceptors (Lipinski definition) is 5. The van der Waals surface area contributed by atoms with Crippen molar-refractivity contribution in [2.75, 3.05) is 26.2 Å². The monoisotopic (exact) mass is 468 g/mol. The molecular formula is C24H28N4O4S. The lowest BCUT2D eigenvalue weighted by atomic mass is 10.1. The molecule has 0 radical (unpaired) electrons. The van der Waals surface area contributed by atoms with Crippen molar-refractivity contribution >= 4 is 26.7 Å². The summed E-state index contributed by atoms with van der Waals surface area (Å²) in [6.07, 6.45) is 0. The Labute approximate surface area is 193 Å². The molecule has 1 aliphatic heterocycles. The Kier molecular flexibility index (Phi) is 6.36. The summed E-state index contributed by atoms with van der Waals surface area (Å²) in [4.78, 5) is 28.1. The maximum absolute atomic E-state index is 13.4. The van der Waals surface area contributed by atoms with Crippen molar-refractivity contribution in [2.45, 2.75) is 32.2 Å². The molecule has 0 atom stereocenters. The molecule has 2 aromatic carbocycles. The zero-order valence-corrected chi connectivity index (χ0v) is 19.9. The summed E-state index contributed by atoms with van der Waals surface area (Å²) < 4.78 is 28.7. The topological polar surface area (TPSA) is 92.6 Å². The van der Waals surface area contributed by atoms with Gasteiger partial charge in [0.05, 0.1) is 10.3 Å². The zero-order valence-electron chi connectivity index (χ0n) is 19.1. The SMILES string of the molecule is Cc1ccc(S(=O)(=O)N2CCN(C(=O)c3nn(CC(C)C)c(=O)c4ccccc34)CC2)cc1. The molecule has 1 fully saturated rings. The first kappa shape index (κ1) is 23.1. The summed E-state index contributed by atoms with van der Waals surface area (Å²) in [7, 11) is -3.62. The molecule has 4 rings (SSSR count). The highest BCUT2D eigenvalue weighted by molar-refractivity contribution is 7.89. The number of carbonyl (C=O) groups is 1. The molecule has 174 valence electrons. The van der Waals surface area contributed by atoms with Gasteiger partial charge in [-0.3, -0.25) is 9.59 Å². The van der Waals surface area contributed by atoms with Gasteiger partial charge in [-0.15, -0.1) is 0 Å². The van der Waals surface area contributed by atoms with Crippen LogP contribution in [-0.4, -0.2) is 59.5 Å². The van der Waals surface area contributed by atoms with Crippen molar-refractivity contribution in [2.24, 2.45) is 5.92 Å². The van der Waals surface area contributed by atoms with E-state index in [1.807, 2.05) is 20.8 Å². The lowest BCUT2D eigenvalue weighted by Gasteiger charge is -2.34. The number of nitrogens with zero attached hydrogens (tertiary/aromatic N) is 4. The highest BCUT2D eigenvalue weighted by atomic mass is 32.2. The van der Waals surface area contributed by atoms with E-state index in [9.17, 15) is 18.0 Å². The van der Waals surface area contributed by atoms with Crippen LogP contribution in [0.1, 0.15) is 29.9 Å². The Morgan fingerprint density at radius 1 is 0.970 bits per heavy atom. The molecule has 0 unspecified atom stereocenters. The van der Waals surface area contributed by atoms with Crippen molar-refractivity contribution in [3.8, 4) is 0 Å². The largest absolute Gasteiger partial charge is 0.335 e. The average molecular weight is 469 g/mol. The van der Waals surface area contributed by atoms with Gasteiger partial charge in [-0.1, -0.05) is 49.7 Å². The second kappa shape index (κ2) is 9.07. The third kappa shape index (κ3) is 4.56. The smallest absolute Gasteiger partial charge is 0.275 e. The lowest BCUT2D eigenvalue weighted by Crippen LogP contribution is -2.50. The second-order valence-corrected chi connectivity index (χ2v) is 10.7. The fourth-order valence-electron chi connectivity index (χ4n) is 4.00. The number of benzene rings is 2. The van der Waals surface area contributed by atoms with Gasteiger partial charge in [0, 0.05) is 38.1 Å². The van der Waals surface area contributed by atoms with E-state index in [0.29, 0.717) is 17.3 Å². The van der Waals surface area contributed by atoms with Crippen LogP contribution >= 0.6 is 0 Å². The molecule has 0 bridgehead atoms. The van der Waals surface area contributed by atoms with E-state index in [4.69, 9.17) is 0 Å². The maximum Gasteiger partial charge on any atom is 0.275 e. The van der Waals surface area contributed by atoms with Crippen LogP contribution in [0.5, 0.6) is 0 Å². The van der Waals surface area contributed by atoms with Gasteiger partial charge in [0.2, 0.25) is 10.0 Å². The first-order chi connectivity index (χ1) is 15.7. The van der Waals surface area contributed by atoms with Crippen LogP contribution in [0.3, 0.4) is 0 Å². The van der Waals surface area contributed by atoms with Crippen molar-refractivity contribution in [3.63, 3.8) is 0 Å². The van der Waals surface area contributed by atoms with Gasteiger partial charge < -0.3 is 4.90 Å². The molecule has 2 heterocycles. The summed E-state index contributed by atoms with van der Waals surface area (Å²) in [5.74, 6) is -0.106. The highest BCUT2D eigenvalue weighted by Crippen LogP contribution is 2.20. The quantitative estimate of drug-likeness (QED) is 0.574. The summed E-state index contributed by atoms with van der Waals surface area (Å²) in [5.41, 5.74) is 0.994. The number of hydrogen-bond donors (Lipinski definition) is 0. The second-order valence-electron chi connectivity index (χ2n) is 8.78. The van der Waals surface area contributed by atoms with Gasteiger partial charge in [0.1, 0.15) is 0 Å². The molecule has 3 aromatic rings. The predicted octanol–water partition coefficient (Wildman–Crippen LogP) is 2.51. The van der Waals surface area contributed by atoms with Crippen LogP contribution in [-0.2, 0) is 16.6 Å². The molecule has 0 spiro atoms. The van der Waals surface area contributed by atoms with Crippen LogP contribution < -0.4 is 5.56 Å². The third-order valence-electron chi connectivity index (χ3n) is 5.79. The van der Waals surface area contributed by atoms with E-state index in [-0.39, 0.29) is 54.2 Å². The predicted molar refractivity (Wildman–Crippen MR) is 127 cm³/mol. The highest BCUT2D eigenvalue weighted by Gasteiger charge is 2.31. The Hall–Kier alpha value is -3.04. The molecule has 1 saturated heterocycles. The summed E-state index contributed by atoms with van der Waals surface area (Å²) in [6, 6.07) is 13.7. The lowest BCUT2D eigenvalue weighted by molar-refractivity contribution is 0.0691. The number of piperazine rings is 1. The van der Waals surface area contributed by atoms with Crippen molar-refractivity contribution < 1.29 is 13.2 Å². The molecule has 0 N–H and O–H groups in total. The van der Waals surface area contributed by atoms with Gasteiger partial charge in [-0.2, -0.15) is 9.40 Å². The van der Waals surface area contributed by atoms with E-state index < -0.39 is 10.0 Å². The first-order valence-electron chi connectivity index (χ1n) is 11.0. The Balaban J connectivity index is 1.58. The van der Waals surface area contributed by atoms with Gasteiger partial charge in [0.15, 0.2) is 5.69 Å². The fourth-order valence-corrected chi connectivity index (χ4v) is 5.43. The Morgan fingerprint density at radius 3 is 2.18 bits per heavy atom. The van der Waals surface area contributed by atoms with Gasteiger partial charge in [-0.05, 0) is 31.0 Å². The van der Waals surface area contributed by atoms with Crippen LogP contribution in [0, 0.1) is 12.8 Å². The average Bonchev–Trinajstić information content (AvgIpc) is 2.80. The first-order valence-corrected chi connectivity index (χ1v) is 12.5. The van der Waals surface area contributed by atoms with Gasteiger partial charge >= 0.3 is 0 Å². The molecule has 0 saturated carbocycles. The maximum atomic E-state index is 13.4. The number of sulfonamides is 1. The number of rotatable bonds is 5. The summed E-state index contributed by atoms with van der Waals surface area (Å²) in [5, 5.41) is 5.39. The van der Waals surface area contributed by atoms with Gasteiger partial charge in [0.25, 0.3) is 11.5 Å². The molecular weight excluding hydrogens is 440 g/mol. The van der Waals surface area contributed by atoms with E-state index in [0.717, 1.165) is 5.56 Å². The van der Waals surface area contributed by atoms with Crippen LogP contribution in [0.15, 0.2) is 58.2 Å². The Bertz CT molecular complexity index is 1340. The zero-order chi connectivity index (χ0) is 23.8. The normalized spacial score (nSPS) is 15.3. The summed E-state index contributed by atoms with van der Waals surface area (Å²) >= 11 is 0. The van der Waals surface area contributed by atoms with Crippen molar-refractivity contribution in [1.29, 1.82) is 0 Å². The number of aromatic nitrogens is 2. The number of amides is 1.